The molecule has 6 heteroatoms. The van der Waals surface area contributed by atoms with Crippen LogP contribution < -0.4 is 11.2 Å². The van der Waals surface area contributed by atoms with Gasteiger partial charge in [0, 0.05) is 6.04 Å². The summed E-state index contributed by atoms with van der Waals surface area (Å²) >= 11 is 5.46. The topological polar surface area (TPSA) is 54.9 Å². The van der Waals surface area contributed by atoms with Crippen molar-refractivity contribution in [2.75, 3.05) is 0 Å². The molecule has 2 bridgehead atoms. The molecule has 1 aromatic rings. The van der Waals surface area contributed by atoms with E-state index < -0.39 is 22.2 Å². The molecule has 18 heavy (non-hydrogen) atoms. The van der Waals surface area contributed by atoms with Gasteiger partial charge in [-0.3, -0.25) is 14.3 Å². The highest BCUT2D eigenvalue weighted by Gasteiger charge is 2.66. The molecule has 0 radical (unpaired) electrons. The highest BCUT2D eigenvalue weighted by atomic mass is 35.5. The summed E-state index contributed by atoms with van der Waals surface area (Å²) in [4.78, 5) is 25.9. The van der Waals surface area contributed by atoms with Gasteiger partial charge in [0.1, 0.15) is 0 Å². The summed E-state index contributed by atoms with van der Waals surface area (Å²) in [6.07, 6.45) is 3.59. The van der Waals surface area contributed by atoms with E-state index >= 15 is 0 Å². The summed E-state index contributed by atoms with van der Waals surface area (Å²) in [5.74, 6) is 1.00. The third kappa shape index (κ3) is 1.16. The van der Waals surface area contributed by atoms with Crippen molar-refractivity contribution in [1.29, 1.82) is 0 Å². The predicted octanol–water partition coefficient (Wildman–Crippen LogP) is 1.55. The van der Waals surface area contributed by atoms with Crippen molar-refractivity contribution in [2.45, 2.75) is 25.3 Å². The van der Waals surface area contributed by atoms with E-state index in [1.807, 2.05) is 0 Å². The van der Waals surface area contributed by atoms with Gasteiger partial charge in [-0.05, 0) is 42.9 Å². The highest BCUT2D eigenvalue weighted by Crippen LogP contribution is 2.70. The van der Waals surface area contributed by atoms with Crippen molar-refractivity contribution in [1.82, 2.24) is 9.55 Å². The van der Waals surface area contributed by atoms with Gasteiger partial charge >= 0.3 is 5.69 Å². The van der Waals surface area contributed by atoms with Crippen LogP contribution in [0.1, 0.15) is 25.3 Å². The van der Waals surface area contributed by atoms with Gasteiger partial charge in [0.15, 0.2) is 5.15 Å². The molecule has 3 saturated carbocycles. The first-order valence-electron chi connectivity index (χ1n) is 6.29. The van der Waals surface area contributed by atoms with Crippen LogP contribution in [0.15, 0.2) is 9.59 Å². The zero-order valence-electron chi connectivity index (χ0n) is 9.53. The van der Waals surface area contributed by atoms with Gasteiger partial charge in [-0.15, -0.1) is 0 Å². The van der Waals surface area contributed by atoms with Gasteiger partial charge in [0.2, 0.25) is 5.82 Å². The Morgan fingerprint density at radius 2 is 1.83 bits per heavy atom. The number of aromatic amines is 1. The number of H-pyrrole nitrogens is 1. The van der Waals surface area contributed by atoms with Crippen molar-refractivity contribution in [3.05, 3.63) is 31.8 Å². The average molecular weight is 271 g/mol. The number of aromatic nitrogens is 2. The summed E-state index contributed by atoms with van der Waals surface area (Å²) in [6, 6.07) is -0.0979. The van der Waals surface area contributed by atoms with E-state index in [1.54, 1.807) is 0 Å². The van der Waals surface area contributed by atoms with Gasteiger partial charge in [0.25, 0.3) is 5.56 Å². The number of halogens is 2. The number of rotatable bonds is 1. The lowest BCUT2D eigenvalue weighted by Gasteiger charge is -2.10. The lowest BCUT2D eigenvalue weighted by molar-refractivity contribution is 0.426. The molecular formula is C12H12ClFN2O2. The van der Waals surface area contributed by atoms with Gasteiger partial charge < -0.3 is 0 Å². The molecule has 96 valence electrons. The van der Waals surface area contributed by atoms with Crippen LogP contribution in [0.2, 0.25) is 5.15 Å². The number of hydrogen-bond acceptors (Lipinski definition) is 2. The van der Waals surface area contributed by atoms with Crippen LogP contribution in [0, 0.1) is 29.5 Å². The molecule has 0 saturated heterocycles. The molecule has 3 aliphatic rings. The minimum Gasteiger partial charge on any atom is -0.295 e. The first kappa shape index (κ1) is 10.8. The molecule has 4 rings (SSSR count). The minimum absolute atomic E-state index is 0.0979. The normalized spacial score (nSPS) is 40.0. The maximum atomic E-state index is 13.5. The number of fused-ring (bicyclic) bond motifs is 5. The van der Waals surface area contributed by atoms with Crippen LogP contribution in [0.25, 0.3) is 0 Å². The molecule has 3 aliphatic carbocycles. The molecule has 0 aliphatic heterocycles. The second-order valence-electron chi connectivity index (χ2n) is 5.71. The zero-order chi connectivity index (χ0) is 12.6. The Morgan fingerprint density at radius 3 is 2.44 bits per heavy atom. The first-order valence-corrected chi connectivity index (χ1v) is 6.67. The van der Waals surface area contributed by atoms with Gasteiger partial charge in [-0.1, -0.05) is 11.6 Å². The Kier molecular flexibility index (Phi) is 1.95. The van der Waals surface area contributed by atoms with E-state index in [2.05, 4.69) is 4.98 Å². The molecule has 4 nitrogen and oxygen atoms in total. The van der Waals surface area contributed by atoms with Crippen LogP contribution in [0.3, 0.4) is 0 Å². The maximum absolute atomic E-state index is 13.5. The largest absolute Gasteiger partial charge is 0.329 e. The van der Waals surface area contributed by atoms with E-state index in [4.69, 9.17) is 11.6 Å². The Balaban J connectivity index is 1.83. The fourth-order valence-corrected chi connectivity index (χ4v) is 4.56. The van der Waals surface area contributed by atoms with Gasteiger partial charge in [-0.2, -0.15) is 4.39 Å². The lowest BCUT2D eigenvalue weighted by atomic mass is 10.0. The van der Waals surface area contributed by atoms with E-state index in [0.29, 0.717) is 23.7 Å². The van der Waals surface area contributed by atoms with Crippen LogP contribution in [0.4, 0.5) is 4.39 Å². The molecule has 1 heterocycles. The molecule has 0 spiro atoms. The number of nitrogens with zero attached hydrogens (tertiary/aromatic N) is 1. The first-order chi connectivity index (χ1) is 8.59. The fraction of sp³-hybridized carbons (Fsp3) is 0.667. The Hall–Kier alpha value is -1.10. The summed E-state index contributed by atoms with van der Waals surface area (Å²) < 4.78 is 14.6. The van der Waals surface area contributed by atoms with Crippen molar-refractivity contribution < 1.29 is 4.39 Å². The molecule has 1 aromatic heterocycles. The van der Waals surface area contributed by atoms with Crippen LogP contribution >= 0.6 is 11.6 Å². The predicted molar refractivity (Wildman–Crippen MR) is 63.1 cm³/mol. The average Bonchev–Trinajstić information content (AvgIpc) is 2.76. The Bertz CT molecular complexity index is 636. The van der Waals surface area contributed by atoms with Crippen molar-refractivity contribution in [3.63, 3.8) is 0 Å². The maximum Gasteiger partial charge on any atom is 0.329 e. The third-order valence-electron chi connectivity index (χ3n) is 5.03. The van der Waals surface area contributed by atoms with Gasteiger partial charge in [-0.25, -0.2) is 4.79 Å². The molecule has 1 N–H and O–H groups in total. The smallest absolute Gasteiger partial charge is 0.295 e. The molecule has 4 unspecified atom stereocenters. The summed E-state index contributed by atoms with van der Waals surface area (Å²) in [7, 11) is 0. The van der Waals surface area contributed by atoms with E-state index in [9.17, 15) is 14.0 Å². The van der Waals surface area contributed by atoms with Crippen molar-refractivity contribution in [3.8, 4) is 0 Å². The molecule has 0 aromatic carbocycles. The van der Waals surface area contributed by atoms with Gasteiger partial charge in [0.05, 0.1) is 0 Å². The minimum atomic E-state index is -1.05. The third-order valence-corrected chi connectivity index (χ3v) is 5.29. The van der Waals surface area contributed by atoms with Crippen LogP contribution in [-0.4, -0.2) is 9.55 Å². The molecular weight excluding hydrogens is 259 g/mol. The zero-order valence-corrected chi connectivity index (χ0v) is 10.3. The second-order valence-corrected chi connectivity index (χ2v) is 6.09. The molecule has 4 atom stereocenters. The van der Waals surface area contributed by atoms with Crippen molar-refractivity contribution in [2.24, 2.45) is 23.7 Å². The van der Waals surface area contributed by atoms with Crippen LogP contribution in [0.5, 0.6) is 0 Å². The summed E-state index contributed by atoms with van der Waals surface area (Å²) in [6.45, 7) is 0. The molecule has 3 fully saturated rings. The highest BCUT2D eigenvalue weighted by molar-refractivity contribution is 6.29. The number of nitrogens with one attached hydrogen (secondary N) is 1. The second kappa shape index (κ2) is 3.26. The number of hydrogen-bond donors (Lipinski definition) is 1. The van der Waals surface area contributed by atoms with E-state index in [1.165, 1.54) is 19.3 Å². The fourth-order valence-electron chi connectivity index (χ4n) is 4.40. The monoisotopic (exact) mass is 270 g/mol. The van der Waals surface area contributed by atoms with E-state index in [0.717, 1.165) is 4.57 Å². The Labute approximate surface area is 107 Å². The lowest BCUT2D eigenvalue weighted by Crippen LogP contribution is -2.38. The van der Waals surface area contributed by atoms with E-state index in [-0.39, 0.29) is 6.04 Å². The Morgan fingerprint density at radius 1 is 1.22 bits per heavy atom. The summed E-state index contributed by atoms with van der Waals surface area (Å²) in [5, 5.41) is -0.491. The standard InChI is InChI=1S/C12H12ClFN2O2/c13-10-8(14)11(17)16(12(18)15-10)9-6-4-1-2-5(3-4)7(6)9/h4-7,9H,1-3H2,(H,15,18). The SMILES string of the molecule is O=c1[nH]c(Cl)c(F)c(=O)n1C1C2C3CCC(C3)C21. The molecule has 0 amide bonds. The van der Waals surface area contributed by atoms with Crippen LogP contribution in [-0.2, 0) is 0 Å². The summed E-state index contributed by atoms with van der Waals surface area (Å²) in [5.41, 5.74) is -1.45. The quantitative estimate of drug-likeness (QED) is 0.787. The van der Waals surface area contributed by atoms with Crippen molar-refractivity contribution >= 4 is 11.6 Å².